The number of carbonyl (C=O) groups excluding carboxylic acids is 1. The van der Waals surface area contributed by atoms with E-state index in [2.05, 4.69) is 21.2 Å². The first-order valence-electron chi connectivity index (χ1n) is 5.53. The van der Waals surface area contributed by atoms with Crippen molar-refractivity contribution < 1.29 is 14.3 Å². The number of amides is 1. The van der Waals surface area contributed by atoms with Crippen molar-refractivity contribution in [3.8, 4) is 5.75 Å². The second-order valence-electron chi connectivity index (χ2n) is 4.08. The molecule has 0 saturated carbocycles. The second-order valence-corrected chi connectivity index (χ2v) is 4.93. The van der Waals surface area contributed by atoms with Crippen LogP contribution in [0.25, 0.3) is 0 Å². The fourth-order valence-corrected chi connectivity index (χ4v) is 2.07. The molecule has 3 nitrogen and oxygen atoms in total. The van der Waals surface area contributed by atoms with Crippen LogP contribution in [0.4, 0.5) is 10.1 Å². The smallest absolute Gasteiger partial charge is 0.256 e. The van der Waals surface area contributed by atoms with Gasteiger partial charge in [0.15, 0.2) is 0 Å². The summed E-state index contributed by atoms with van der Waals surface area (Å²) in [6, 6.07) is 8.54. The van der Waals surface area contributed by atoms with Gasteiger partial charge in [-0.15, -0.1) is 0 Å². The molecule has 0 saturated heterocycles. The second kappa shape index (κ2) is 5.40. The van der Waals surface area contributed by atoms with Gasteiger partial charge in [-0.2, -0.15) is 0 Å². The Morgan fingerprint density at radius 2 is 2.00 bits per heavy atom. The molecule has 98 valence electrons. The van der Waals surface area contributed by atoms with Gasteiger partial charge in [-0.25, -0.2) is 4.39 Å². The zero-order valence-corrected chi connectivity index (χ0v) is 11.7. The minimum absolute atomic E-state index is 0.00387. The summed E-state index contributed by atoms with van der Waals surface area (Å²) in [5.41, 5.74) is 1.47. The fourth-order valence-electron chi connectivity index (χ4n) is 1.64. The molecule has 19 heavy (non-hydrogen) atoms. The Hall–Kier alpha value is -1.88. The van der Waals surface area contributed by atoms with Gasteiger partial charge >= 0.3 is 0 Å². The molecule has 5 heteroatoms. The number of hydrogen-bond acceptors (Lipinski definition) is 2. The van der Waals surface area contributed by atoms with Crippen molar-refractivity contribution >= 4 is 27.5 Å². The molecule has 0 heterocycles. The fraction of sp³-hybridized carbons (Fsp3) is 0.0714. The molecular weight excluding hydrogens is 313 g/mol. The Balaban J connectivity index is 2.28. The van der Waals surface area contributed by atoms with Crippen LogP contribution in [0.1, 0.15) is 15.9 Å². The molecule has 2 rings (SSSR count). The van der Waals surface area contributed by atoms with Crippen molar-refractivity contribution in [2.24, 2.45) is 0 Å². The summed E-state index contributed by atoms with van der Waals surface area (Å²) < 4.78 is 13.5. The van der Waals surface area contributed by atoms with Crippen LogP contribution in [0.15, 0.2) is 40.9 Å². The van der Waals surface area contributed by atoms with Crippen molar-refractivity contribution in [1.82, 2.24) is 0 Å². The summed E-state index contributed by atoms with van der Waals surface area (Å²) in [5, 5.41) is 12.1. The number of rotatable bonds is 2. The molecule has 0 fully saturated rings. The highest BCUT2D eigenvalue weighted by molar-refractivity contribution is 9.10. The molecule has 0 radical (unpaired) electrons. The molecule has 0 aliphatic rings. The highest BCUT2D eigenvalue weighted by Gasteiger charge is 2.12. The number of benzene rings is 2. The minimum Gasteiger partial charge on any atom is -0.508 e. The number of hydrogen-bond donors (Lipinski definition) is 2. The van der Waals surface area contributed by atoms with Crippen molar-refractivity contribution in [2.45, 2.75) is 6.92 Å². The van der Waals surface area contributed by atoms with Crippen molar-refractivity contribution in [3.63, 3.8) is 0 Å². The number of phenols is 1. The first kappa shape index (κ1) is 13.5. The number of aromatic hydroxyl groups is 1. The average Bonchev–Trinajstić information content (AvgIpc) is 2.35. The van der Waals surface area contributed by atoms with Crippen LogP contribution >= 0.6 is 15.9 Å². The molecule has 1 amide bonds. The van der Waals surface area contributed by atoms with E-state index in [0.29, 0.717) is 21.3 Å². The molecular formula is C14H11BrFNO2. The summed E-state index contributed by atoms with van der Waals surface area (Å²) in [6.45, 7) is 1.70. The first-order valence-corrected chi connectivity index (χ1v) is 6.32. The summed E-state index contributed by atoms with van der Waals surface area (Å²) >= 11 is 3.24. The number of carbonyl (C=O) groups is 1. The molecule has 0 bridgehead atoms. The molecule has 0 aromatic heterocycles. The van der Waals surface area contributed by atoms with Gasteiger partial charge in [0, 0.05) is 10.2 Å². The third-order valence-corrected chi connectivity index (χ3v) is 3.32. The van der Waals surface area contributed by atoms with Crippen LogP contribution in [0.3, 0.4) is 0 Å². The Bertz CT molecular complexity index is 643. The van der Waals surface area contributed by atoms with Gasteiger partial charge in [0.1, 0.15) is 11.6 Å². The maximum Gasteiger partial charge on any atom is 0.256 e. The maximum absolute atomic E-state index is 13.0. The standard InChI is InChI=1S/C14H11BrFNO2/c1-8-6-9(16)2-5-13(8)17-14(19)11-7-10(18)3-4-12(11)15/h2-7,18H,1H3,(H,17,19). The van der Waals surface area contributed by atoms with E-state index in [4.69, 9.17) is 0 Å². The Kier molecular flexibility index (Phi) is 3.85. The quantitative estimate of drug-likeness (QED) is 0.881. The van der Waals surface area contributed by atoms with Crippen molar-refractivity contribution in [1.29, 1.82) is 0 Å². The topological polar surface area (TPSA) is 49.3 Å². The predicted molar refractivity (Wildman–Crippen MR) is 74.9 cm³/mol. The zero-order valence-electron chi connectivity index (χ0n) is 10.1. The van der Waals surface area contributed by atoms with E-state index in [1.807, 2.05) is 0 Å². The first-order chi connectivity index (χ1) is 8.97. The normalized spacial score (nSPS) is 10.3. The Morgan fingerprint density at radius 1 is 1.26 bits per heavy atom. The third-order valence-electron chi connectivity index (χ3n) is 2.63. The molecule has 0 aliphatic carbocycles. The van der Waals surface area contributed by atoms with E-state index in [-0.39, 0.29) is 17.5 Å². The van der Waals surface area contributed by atoms with E-state index in [9.17, 15) is 14.3 Å². The van der Waals surface area contributed by atoms with Crippen LogP contribution in [-0.2, 0) is 0 Å². The van der Waals surface area contributed by atoms with Gasteiger partial charge in [0.25, 0.3) is 5.91 Å². The van der Waals surface area contributed by atoms with Crippen LogP contribution in [-0.4, -0.2) is 11.0 Å². The molecule has 0 spiro atoms. The van der Waals surface area contributed by atoms with E-state index in [1.165, 1.54) is 30.3 Å². The number of phenolic OH excluding ortho intramolecular Hbond substituents is 1. The summed E-state index contributed by atoms with van der Waals surface area (Å²) in [5.74, 6) is -0.726. The Labute approximate surface area is 118 Å². The number of nitrogens with one attached hydrogen (secondary N) is 1. The monoisotopic (exact) mass is 323 g/mol. The summed E-state index contributed by atoms with van der Waals surface area (Å²) in [7, 11) is 0. The van der Waals surface area contributed by atoms with Crippen LogP contribution < -0.4 is 5.32 Å². The summed E-state index contributed by atoms with van der Waals surface area (Å²) in [4.78, 5) is 12.1. The molecule has 0 atom stereocenters. The summed E-state index contributed by atoms with van der Waals surface area (Å²) in [6.07, 6.45) is 0. The van der Waals surface area contributed by atoms with Gasteiger partial charge in [0.2, 0.25) is 0 Å². The highest BCUT2D eigenvalue weighted by atomic mass is 79.9. The lowest BCUT2D eigenvalue weighted by molar-refractivity contribution is 0.102. The zero-order chi connectivity index (χ0) is 14.0. The molecule has 2 aromatic carbocycles. The third kappa shape index (κ3) is 3.12. The van der Waals surface area contributed by atoms with E-state index in [1.54, 1.807) is 13.0 Å². The molecule has 0 unspecified atom stereocenters. The van der Waals surface area contributed by atoms with Gasteiger partial charge in [-0.3, -0.25) is 4.79 Å². The van der Waals surface area contributed by atoms with E-state index >= 15 is 0 Å². The molecule has 0 aliphatic heterocycles. The largest absolute Gasteiger partial charge is 0.508 e. The van der Waals surface area contributed by atoms with Gasteiger partial charge in [-0.05, 0) is 64.8 Å². The van der Waals surface area contributed by atoms with Crippen molar-refractivity contribution in [2.75, 3.05) is 5.32 Å². The van der Waals surface area contributed by atoms with E-state index < -0.39 is 0 Å². The van der Waals surface area contributed by atoms with Gasteiger partial charge < -0.3 is 10.4 Å². The van der Waals surface area contributed by atoms with Gasteiger partial charge in [0.05, 0.1) is 5.56 Å². The highest BCUT2D eigenvalue weighted by Crippen LogP contribution is 2.23. The molecule has 2 N–H and O–H groups in total. The molecule has 2 aromatic rings. The lowest BCUT2D eigenvalue weighted by atomic mass is 10.1. The predicted octanol–water partition coefficient (Wildman–Crippen LogP) is 3.85. The van der Waals surface area contributed by atoms with Crippen LogP contribution in [0.5, 0.6) is 5.75 Å². The van der Waals surface area contributed by atoms with E-state index in [0.717, 1.165) is 0 Å². The van der Waals surface area contributed by atoms with Crippen LogP contribution in [0.2, 0.25) is 0 Å². The Morgan fingerprint density at radius 3 is 2.68 bits per heavy atom. The number of aryl methyl sites for hydroxylation is 1. The average molecular weight is 324 g/mol. The van der Waals surface area contributed by atoms with Crippen LogP contribution in [0, 0.1) is 12.7 Å². The number of halogens is 2. The number of anilines is 1. The lowest BCUT2D eigenvalue weighted by Gasteiger charge is -2.09. The van der Waals surface area contributed by atoms with Crippen molar-refractivity contribution in [3.05, 3.63) is 57.8 Å². The SMILES string of the molecule is Cc1cc(F)ccc1NC(=O)c1cc(O)ccc1Br. The van der Waals surface area contributed by atoms with Gasteiger partial charge in [-0.1, -0.05) is 0 Å². The minimum atomic E-state index is -0.377. The maximum atomic E-state index is 13.0. The lowest BCUT2D eigenvalue weighted by Crippen LogP contribution is -2.13.